The summed E-state index contributed by atoms with van der Waals surface area (Å²) in [6.45, 7) is 1.73. The summed E-state index contributed by atoms with van der Waals surface area (Å²) < 4.78 is 20.0. The van der Waals surface area contributed by atoms with Gasteiger partial charge in [0.2, 0.25) is 0 Å². The Morgan fingerprint density at radius 2 is 1.92 bits per heavy atom. The van der Waals surface area contributed by atoms with Crippen molar-refractivity contribution in [3.05, 3.63) is 35.6 Å². The van der Waals surface area contributed by atoms with E-state index in [0.29, 0.717) is 25.2 Å². The lowest BCUT2D eigenvalue weighted by atomic mass is 9.82. The van der Waals surface area contributed by atoms with Gasteiger partial charge in [0.15, 0.2) is 0 Å². The molecule has 0 radical (unpaired) electrons. The second-order valence-corrected chi connectivity index (χ2v) is 9.93. The third kappa shape index (κ3) is 8.31. The number of hydrogen-bond donors (Lipinski definition) is 5. The Bertz CT molecular complexity index is 838. The van der Waals surface area contributed by atoms with Gasteiger partial charge in [-0.25, -0.2) is 14.0 Å². The molecular formula is C26H41FN4O5. The van der Waals surface area contributed by atoms with Crippen LogP contribution in [0.4, 0.5) is 14.0 Å². The number of benzene rings is 1. The Kier molecular flexibility index (Phi) is 11.2. The number of aliphatic hydroxyl groups is 1. The first-order valence-electron chi connectivity index (χ1n) is 13.1. The van der Waals surface area contributed by atoms with Crippen molar-refractivity contribution in [2.24, 2.45) is 11.8 Å². The Balaban J connectivity index is 1.65. The van der Waals surface area contributed by atoms with Crippen LogP contribution in [0.3, 0.4) is 0 Å². The van der Waals surface area contributed by atoms with Gasteiger partial charge in [-0.05, 0) is 56.3 Å². The van der Waals surface area contributed by atoms with Gasteiger partial charge in [0.1, 0.15) is 5.82 Å². The van der Waals surface area contributed by atoms with Crippen LogP contribution in [-0.2, 0) is 4.74 Å². The van der Waals surface area contributed by atoms with E-state index in [4.69, 9.17) is 9.84 Å². The number of likely N-dealkylation sites (tertiary alicyclic amines) is 1. The largest absolute Gasteiger partial charge is 0.465 e. The van der Waals surface area contributed by atoms with E-state index >= 15 is 0 Å². The smallest absolute Gasteiger partial charge is 0.404 e. The zero-order chi connectivity index (χ0) is 25.9. The van der Waals surface area contributed by atoms with Gasteiger partial charge in [0.05, 0.1) is 24.9 Å². The maximum atomic E-state index is 14.0. The number of rotatable bonds is 11. The van der Waals surface area contributed by atoms with E-state index < -0.39 is 18.3 Å². The molecule has 1 saturated heterocycles. The average Bonchev–Trinajstić information content (AvgIpc) is 2.88. The van der Waals surface area contributed by atoms with Gasteiger partial charge in [-0.15, -0.1) is 0 Å². The van der Waals surface area contributed by atoms with Crippen LogP contribution in [0, 0.1) is 17.7 Å². The fourth-order valence-corrected chi connectivity index (χ4v) is 5.50. The summed E-state index contributed by atoms with van der Waals surface area (Å²) in [4.78, 5) is 25.8. The molecule has 5 N–H and O–H groups in total. The summed E-state index contributed by atoms with van der Waals surface area (Å²) >= 11 is 0. The van der Waals surface area contributed by atoms with Crippen molar-refractivity contribution in [3.8, 4) is 0 Å². The van der Waals surface area contributed by atoms with Crippen LogP contribution < -0.4 is 16.0 Å². The number of hydrogen-bond acceptors (Lipinski definition) is 5. The van der Waals surface area contributed by atoms with Crippen molar-refractivity contribution in [2.45, 2.75) is 63.2 Å². The normalized spacial score (nSPS) is 21.4. The van der Waals surface area contributed by atoms with Crippen LogP contribution in [0.15, 0.2) is 24.3 Å². The maximum absolute atomic E-state index is 14.0. The summed E-state index contributed by atoms with van der Waals surface area (Å²) in [6, 6.07) is 5.60. The number of piperidine rings is 1. The van der Waals surface area contributed by atoms with E-state index in [0.717, 1.165) is 38.5 Å². The van der Waals surface area contributed by atoms with Gasteiger partial charge in [-0.3, -0.25) is 0 Å². The highest BCUT2D eigenvalue weighted by Gasteiger charge is 2.34. The molecule has 1 aromatic rings. The van der Waals surface area contributed by atoms with Crippen molar-refractivity contribution in [1.82, 2.24) is 20.9 Å². The molecule has 10 heteroatoms. The first-order valence-corrected chi connectivity index (χ1v) is 13.1. The van der Waals surface area contributed by atoms with Crippen LogP contribution in [-0.4, -0.2) is 79.2 Å². The number of amides is 3. The van der Waals surface area contributed by atoms with Crippen molar-refractivity contribution in [3.63, 3.8) is 0 Å². The lowest BCUT2D eigenvalue weighted by molar-refractivity contribution is -0.00940. The molecule has 9 nitrogen and oxygen atoms in total. The fraction of sp³-hybridized carbons (Fsp3) is 0.692. The Morgan fingerprint density at radius 1 is 1.17 bits per heavy atom. The molecule has 202 valence electrons. The molecular weight excluding hydrogens is 467 g/mol. The van der Waals surface area contributed by atoms with Crippen molar-refractivity contribution < 1.29 is 28.9 Å². The summed E-state index contributed by atoms with van der Waals surface area (Å²) in [5, 5.41) is 28.3. The Labute approximate surface area is 212 Å². The van der Waals surface area contributed by atoms with Crippen molar-refractivity contribution >= 4 is 12.1 Å². The number of nitrogens with one attached hydrogen (secondary N) is 3. The van der Waals surface area contributed by atoms with E-state index in [2.05, 4.69) is 16.0 Å². The Morgan fingerprint density at radius 3 is 2.61 bits per heavy atom. The highest BCUT2D eigenvalue weighted by Crippen LogP contribution is 2.33. The van der Waals surface area contributed by atoms with Crippen LogP contribution in [0.1, 0.15) is 56.6 Å². The monoisotopic (exact) mass is 508 g/mol. The molecule has 1 aliphatic heterocycles. The molecule has 4 unspecified atom stereocenters. The molecule has 1 saturated carbocycles. The van der Waals surface area contributed by atoms with Gasteiger partial charge >= 0.3 is 12.1 Å². The fourth-order valence-electron chi connectivity index (χ4n) is 5.50. The standard InChI is InChI=1S/C26H41FN4O5/c1-28-16-22(23(32)18-7-3-2-4-8-18)30-25(33)31-13-6-10-20(17-31)24(36-14-12-29-26(34)35)19-9-5-11-21(27)15-19/h5,9,11,15,18,20,22-24,28-29,32H,2-4,6-8,10,12-14,16-17H2,1H3,(H,30,33)(H,34,35). The minimum atomic E-state index is -1.13. The highest BCUT2D eigenvalue weighted by molar-refractivity contribution is 5.74. The number of likely N-dealkylation sites (N-methyl/N-ethyl adjacent to an activating group) is 1. The second-order valence-electron chi connectivity index (χ2n) is 9.93. The number of ether oxygens (including phenoxy) is 1. The maximum Gasteiger partial charge on any atom is 0.404 e. The van der Waals surface area contributed by atoms with Gasteiger partial charge in [0.25, 0.3) is 0 Å². The van der Waals surface area contributed by atoms with Crippen molar-refractivity contribution in [2.75, 3.05) is 39.8 Å². The third-order valence-corrected chi connectivity index (χ3v) is 7.30. The minimum Gasteiger partial charge on any atom is -0.465 e. The van der Waals surface area contributed by atoms with E-state index in [1.54, 1.807) is 17.0 Å². The molecule has 0 bridgehead atoms. The molecule has 3 amide bonds. The van der Waals surface area contributed by atoms with Crippen molar-refractivity contribution in [1.29, 1.82) is 0 Å². The molecule has 4 atom stereocenters. The molecule has 0 spiro atoms. The molecule has 1 aliphatic carbocycles. The molecule has 1 aromatic carbocycles. The SMILES string of the molecule is CNCC(NC(=O)N1CCCC(C(OCCNC(=O)O)c2cccc(F)c2)C1)C(O)C1CCCCC1. The van der Waals surface area contributed by atoms with E-state index in [-0.39, 0.29) is 42.9 Å². The Hall–Kier alpha value is -2.43. The molecule has 0 aromatic heterocycles. The minimum absolute atomic E-state index is 0.0813. The molecule has 2 aliphatic rings. The third-order valence-electron chi connectivity index (χ3n) is 7.30. The molecule has 2 fully saturated rings. The van der Waals surface area contributed by atoms with E-state index in [1.807, 2.05) is 7.05 Å². The number of nitrogens with zero attached hydrogens (tertiary/aromatic N) is 1. The van der Waals surface area contributed by atoms with Crippen LogP contribution in [0.25, 0.3) is 0 Å². The summed E-state index contributed by atoms with van der Waals surface area (Å²) in [6.07, 6.45) is 4.72. The molecule has 36 heavy (non-hydrogen) atoms. The number of carboxylic acid groups (broad SMARTS) is 1. The van der Waals surface area contributed by atoms with Gasteiger partial charge in [-0.2, -0.15) is 0 Å². The number of halogens is 1. The van der Waals surface area contributed by atoms with E-state index in [1.165, 1.54) is 18.6 Å². The molecule has 1 heterocycles. The summed E-state index contributed by atoms with van der Waals surface area (Å²) in [7, 11) is 1.81. The highest BCUT2D eigenvalue weighted by atomic mass is 19.1. The van der Waals surface area contributed by atoms with Crippen LogP contribution >= 0.6 is 0 Å². The lowest BCUT2D eigenvalue weighted by Gasteiger charge is -2.39. The van der Waals surface area contributed by atoms with Gasteiger partial charge in [-0.1, -0.05) is 31.4 Å². The first-order chi connectivity index (χ1) is 17.4. The average molecular weight is 509 g/mol. The lowest BCUT2D eigenvalue weighted by Crippen LogP contribution is -2.56. The summed E-state index contributed by atoms with van der Waals surface area (Å²) in [5.41, 5.74) is 0.665. The number of carbonyl (C=O) groups is 2. The molecule has 3 rings (SSSR count). The zero-order valence-electron chi connectivity index (χ0n) is 21.1. The number of carbonyl (C=O) groups excluding carboxylic acids is 1. The quantitative estimate of drug-likeness (QED) is 0.293. The topological polar surface area (TPSA) is 123 Å². The number of urea groups is 1. The second kappa shape index (κ2) is 14.3. The predicted octanol–water partition coefficient (Wildman–Crippen LogP) is 3.10. The zero-order valence-corrected chi connectivity index (χ0v) is 21.1. The van der Waals surface area contributed by atoms with Crippen LogP contribution in [0.2, 0.25) is 0 Å². The van der Waals surface area contributed by atoms with Gasteiger partial charge < -0.3 is 35.8 Å². The summed E-state index contributed by atoms with van der Waals surface area (Å²) in [5.74, 6) is -0.263. The predicted molar refractivity (Wildman–Crippen MR) is 134 cm³/mol. The number of aliphatic hydroxyl groups excluding tert-OH is 1. The first kappa shape index (κ1) is 28.1. The van der Waals surface area contributed by atoms with Crippen LogP contribution in [0.5, 0.6) is 0 Å². The van der Waals surface area contributed by atoms with E-state index in [9.17, 15) is 19.1 Å². The van der Waals surface area contributed by atoms with Gasteiger partial charge in [0, 0.05) is 32.1 Å².